The lowest BCUT2D eigenvalue weighted by molar-refractivity contribution is -0.0168. The molecule has 1 aromatic heterocycles. The second-order valence-corrected chi connectivity index (χ2v) is 4.68. The number of hydrogen-bond donors (Lipinski definition) is 0. The van der Waals surface area contributed by atoms with Crippen LogP contribution in [0, 0.1) is 0 Å². The third-order valence-corrected chi connectivity index (χ3v) is 1.85. The van der Waals surface area contributed by atoms with Crippen LogP contribution >= 0.6 is 23.2 Å². The standard InChI is InChI=1S/C9H13Cl2N3O2/c1-9(2,3)16-5-4-15-7-6(10)13-14-8(11)12-7/h4-5H2,1-3H3. The van der Waals surface area contributed by atoms with E-state index in [1.165, 1.54) is 0 Å². The van der Waals surface area contributed by atoms with E-state index in [0.717, 1.165) is 0 Å². The van der Waals surface area contributed by atoms with Crippen LogP contribution in [0.5, 0.6) is 5.88 Å². The Hall–Kier alpha value is -0.650. The molecule has 0 atom stereocenters. The molecule has 1 heterocycles. The van der Waals surface area contributed by atoms with Crippen LogP contribution in [0.15, 0.2) is 0 Å². The number of rotatable bonds is 4. The van der Waals surface area contributed by atoms with Gasteiger partial charge < -0.3 is 9.47 Å². The van der Waals surface area contributed by atoms with Gasteiger partial charge in [-0.2, -0.15) is 4.98 Å². The van der Waals surface area contributed by atoms with Gasteiger partial charge in [-0.25, -0.2) is 0 Å². The maximum atomic E-state index is 5.70. The Bertz CT molecular complexity index is 355. The molecule has 0 aliphatic rings. The Kier molecular flexibility index (Phi) is 4.70. The Morgan fingerprint density at radius 3 is 2.44 bits per heavy atom. The van der Waals surface area contributed by atoms with Crippen molar-refractivity contribution in [3.8, 4) is 5.88 Å². The Labute approximate surface area is 104 Å². The summed E-state index contributed by atoms with van der Waals surface area (Å²) in [6.07, 6.45) is 0. The third-order valence-electron chi connectivity index (χ3n) is 1.45. The van der Waals surface area contributed by atoms with Crippen molar-refractivity contribution in [2.24, 2.45) is 0 Å². The predicted molar refractivity (Wildman–Crippen MR) is 61.0 cm³/mol. The van der Waals surface area contributed by atoms with Crippen molar-refractivity contribution in [2.75, 3.05) is 13.2 Å². The first-order valence-electron chi connectivity index (χ1n) is 4.71. The van der Waals surface area contributed by atoms with Gasteiger partial charge in [0.25, 0.3) is 5.88 Å². The maximum Gasteiger partial charge on any atom is 0.257 e. The maximum absolute atomic E-state index is 5.70. The molecule has 0 amide bonds. The zero-order chi connectivity index (χ0) is 12.2. The lowest BCUT2D eigenvalue weighted by Gasteiger charge is -2.19. The molecule has 0 bridgehead atoms. The molecule has 0 fully saturated rings. The highest BCUT2D eigenvalue weighted by Crippen LogP contribution is 2.19. The topological polar surface area (TPSA) is 57.1 Å². The van der Waals surface area contributed by atoms with Crippen molar-refractivity contribution in [2.45, 2.75) is 26.4 Å². The molecule has 0 saturated carbocycles. The van der Waals surface area contributed by atoms with Gasteiger partial charge in [0, 0.05) is 0 Å². The van der Waals surface area contributed by atoms with Gasteiger partial charge in [-0.15, -0.1) is 10.2 Å². The van der Waals surface area contributed by atoms with Crippen LogP contribution in [-0.4, -0.2) is 34.0 Å². The third kappa shape index (κ3) is 4.92. The van der Waals surface area contributed by atoms with E-state index in [4.69, 9.17) is 32.7 Å². The summed E-state index contributed by atoms with van der Waals surface area (Å²) < 4.78 is 10.7. The minimum absolute atomic E-state index is 0.00357. The highest BCUT2D eigenvalue weighted by Gasteiger charge is 2.11. The van der Waals surface area contributed by atoms with Gasteiger partial charge >= 0.3 is 0 Å². The molecule has 16 heavy (non-hydrogen) atoms. The van der Waals surface area contributed by atoms with E-state index in [-0.39, 0.29) is 21.9 Å². The van der Waals surface area contributed by atoms with Crippen molar-refractivity contribution in [3.63, 3.8) is 0 Å². The molecule has 90 valence electrons. The number of aromatic nitrogens is 3. The average Bonchev–Trinajstić information content (AvgIpc) is 2.16. The predicted octanol–water partition coefficient (Wildman–Crippen LogP) is 2.37. The smallest absolute Gasteiger partial charge is 0.257 e. The quantitative estimate of drug-likeness (QED) is 0.783. The normalized spacial score (nSPS) is 11.6. The van der Waals surface area contributed by atoms with Gasteiger partial charge in [0.15, 0.2) is 0 Å². The summed E-state index contributed by atoms with van der Waals surface area (Å²) in [6, 6.07) is 0. The molecule has 0 N–H and O–H groups in total. The fraction of sp³-hybridized carbons (Fsp3) is 0.667. The molecular formula is C9H13Cl2N3O2. The second kappa shape index (κ2) is 5.61. The summed E-state index contributed by atoms with van der Waals surface area (Å²) >= 11 is 11.3. The Morgan fingerprint density at radius 1 is 1.12 bits per heavy atom. The molecule has 5 nitrogen and oxygen atoms in total. The summed E-state index contributed by atoms with van der Waals surface area (Å²) in [5.41, 5.74) is -0.200. The van der Waals surface area contributed by atoms with Crippen LogP contribution in [-0.2, 0) is 4.74 Å². The van der Waals surface area contributed by atoms with E-state index in [1.807, 2.05) is 20.8 Å². The Balaban J connectivity index is 2.40. The average molecular weight is 266 g/mol. The molecule has 0 spiro atoms. The Morgan fingerprint density at radius 2 is 1.81 bits per heavy atom. The molecule has 7 heteroatoms. The number of hydrogen-bond acceptors (Lipinski definition) is 5. The first-order chi connectivity index (χ1) is 7.38. The molecule has 0 aliphatic heterocycles. The highest BCUT2D eigenvalue weighted by molar-refractivity contribution is 6.31. The molecule has 1 aromatic rings. The highest BCUT2D eigenvalue weighted by atomic mass is 35.5. The van der Waals surface area contributed by atoms with E-state index < -0.39 is 0 Å². The fourth-order valence-corrected chi connectivity index (χ4v) is 1.11. The fourth-order valence-electron chi connectivity index (χ4n) is 0.858. The van der Waals surface area contributed by atoms with Gasteiger partial charge in [0.1, 0.15) is 6.61 Å². The zero-order valence-corrected chi connectivity index (χ0v) is 10.8. The minimum atomic E-state index is -0.200. The molecule has 0 saturated heterocycles. The van der Waals surface area contributed by atoms with Crippen molar-refractivity contribution in [1.29, 1.82) is 0 Å². The number of nitrogens with zero attached hydrogens (tertiary/aromatic N) is 3. The first kappa shape index (κ1) is 13.4. The van der Waals surface area contributed by atoms with Crippen molar-refractivity contribution in [1.82, 2.24) is 15.2 Å². The monoisotopic (exact) mass is 265 g/mol. The van der Waals surface area contributed by atoms with Gasteiger partial charge in [0.05, 0.1) is 12.2 Å². The molecule has 0 aromatic carbocycles. The second-order valence-electron chi connectivity index (χ2n) is 3.99. The van der Waals surface area contributed by atoms with Crippen LogP contribution in [0.2, 0.25) is 10.4 Å². The van der Waals surface area contributed by atoms with Crippen LogP contribution in [0.1, 0.15) is 20.8 Å². The summed E-state index contributed by atoms with van der Waals surface area (Å²) in [4.78, 5) is 3.79. The van der Waals surface area contributed by atoms with Gasteiger partial charge in [-0.05, 0) is 32.4 Å². The zero-order valence-electron chi connectivity index (χ0n) is 9.33. The lowest BCUT2D eigenvalue weighted by atomic mass is 10.2. The summed E-state index contributed by atoms with van der Waals surface area (Å²) in [6.45, 7) is 6.64. The number of ether oxygens (including phenoxy) is 2. The first-order valence-corrected chi connectivity index (χ1v) is 5.46. The van der Waals surface area contributed by atoms with E-state index in [2.05, 4.69) is 15.2 Å². The molecule has 0 radical (unpaired) electrons. The molecule has 0 unspecified atom stereocenters. The van der Waals surface area contributed by atoms with Crippen molar-refractivity contribution >= 4 is 23.2 Å². The van der Waals surface area contributed by atoms with E-state index in [0.29, 0.717) is 13.2 Å². The number of halogens is 2. The SMILES string of the molecule is CC(C)(C)OCCOc1nc(Cl)nnc1Cl. The largest absolute Gasteiger partial charge is 0.473 e. The summed E-state index contributed by atoms with van der Waals surface area (Å²) in [5.74, 6) is 0.166. The van der Waals surface area contributed by atoms with E-state index in [9.17, 15) is 0 Å². The van der Waals surface area contributed by atoms with Crippen LogP contribution < -0.4 is 4.74 Å². The van der Waals surface area contributed by atoms with Gasteiger partial charge in [-0.1, -0.05) is 11.6 Å². The van der Waals surface area contributed by atoms with Gasteiger partial charge in [-0.3, -0.25) is 0 Å². The minimum Gasteiger partial charge on any atom is -0.473 e. The summed E-state index contributed by atoms with van der Waals surface area (Å²) in [5, 5.41) is 7.11. The van der Waals surface area contributed by atoms with Crippen LogP contribution in [0.25, 0.3) is 0 Å². The van der Waals surface area contributed by atoms with Crippen LogP contribution in [0.4, 0.5) is 0 Å². The molecule has 1 rings (SSSR count). The molecular weight excluding hydrogens is 253 g/mol. The van der Waals surface area contributed by atoms with Gasteiger partial charge in [0.2, 0.25) is 10.4 Å². The summed E-state index contributed by atoms with van der Waals surface area (Å²) in [7, 11) is 0. The van der Waals surface area contributed by atoms with Crippen molar-refractivity contribution < 1.29 is 9.47 Å². The van der Waals surface area contributed by atoms with Crippen molar-refractivity contribution in [3.05, 3.63) is 10.4 Å². The lowest BCUT2D eigenvalue weighted by Crippen LogP contribution is -2.22. The molecule has 0 aliphatic carbocycles. The van der Waals surface area contributed by atoms with E-state index >= 15 is 0 Å². The van der Waals surface area contributed by atoms with Crippen LogP contribution in [0.3, 0.4) is 0 Å². The van der Waals surface area contributed by atoms with E-state index in [1.54, 1.807) is 0 Å².